The second-order valence-corrected chi connectivity index (χ2v) is 5.95. The highest BCUT2D eigenvalue weighted by Gasteiger charge is 2.06. The van der Waals surface area contributed by atoms with Gasteiger partial charge in [-0.3, -0.25) is 0 Å². The van der Waals surface area contributed by atoms with Crippen LogP contribution in [0, 0.1) is 0 Å². The summed E-state index contributed by atoms with van der Waals surface area (Å²) < 4.78 is 0. The normalized spacial score (nSPS) is 11.1. The lowest BCUT2D eigenvalue weighted by molar-refractivity contribution is 0.589. The summed E-state index contributed by atoms with van der Waals surface area (Å²) in [5.74, 6) is 0. The van der Waals surface area contributed by atoms with E-state index in [2.05, 4.69) is 25.1 Å². The summed E-state index contributed by atoms with van der Waals surface area (Å²) in [4.78, 5) is 0. The van der Waals surface area contributed by atoms with E-state index in [1.165, 1.54) is 50.5 Å². The standard InChI is InChI=1S/C19H28N2/c1-2-3-4-5-6-7-8-10-15-13-14-16-17(19(15)21)11-9-12-18(16)20/h9,11-14H,2-8,10,20-21H2,1H3. The van der Waals surface area contributed by atoms with E-state index in [9.17, 15) is 0 Å². The Morgan fingerprint density at radius 3 is 2.24 bits per heavy atom. The molecule has 0 unspecified atom stereocenters. The third kappa shape index (κ3) is 4.13. The molecule has 0 aromatic heterocycles. The third-order valence-electron chi connectivity index (χ3n) is 4.28. The molecule has 0 atom stereocenters. The third-order valence-corrected chi connectivity index (χ3v) is 4.28. The quantitative estimate of drug-likeness (QED) is 0.510. The molecular weight excluding hydrogens is 256 g/mol. The van der Waals surface area contributed by atoms with Crippen molar-refractivity contribution in [3.8, 4) is 0 Å². The molecule has 0 heterocycles. The van der Waals surface area contributed by atoms with E-state index in [-0.39, 0.29) is 0 Å². The Hall–Kier alpha value is -1.70. The molecule has 2 aromatic rings. The molecule has 0 fully saturated rings. The smallest absolute Gasteiger partial charge is 0.0427 e. The molecule has 0 amide bonds. The number of aryl methyl sites for hydroxylation is 1. The Balaban J connectivity index is 1.89. The van der Waals surface area contributed by atoms with Crippen LogP contribution in [0.4, 0.5) is 11.4 Å². The molecule has 0 saturated heterocycles. The first-order valence-corrected chi connectivity index (χ1v) is 8.29. The van der Waals surface area contributed by atoms with Crippen molar-refractivity contribution in [2.75, 3.05) is 11.5 Å². The van der Waals surface area contributed by atoms with E-state index in [0.29, 0.717) is 0 Å². The first kappa shape index (κ1) is 15.7. The Morgan fingerprint density at radius 2 is 1.48 bits per heavy atom. The molecule has 4 N–H and O–H groups in total. The van der Waals surface area contributed by atoms with Gasteiger partial charge in [-0.05, 0) is 24.5 Å². The van der Waals surface area contributed by atoms with E-state index >= 15 is 0 Å². The fourth-order valence-electron chi connectivity index (χ4n) is 2.94. The van der Waals surface area contributed by atoms with Crippen molar-refractivity contribution in [2.45, 2.75) is 58.3 Å². The van der Waals surface area contributed by atoms with Gasteiger partial charge >= 0.3 is 0 Å². The van der Waals surface area contributed by atoms with Crippen LogP contribution in [0.2, 0.25) is 0 Å². The SMILES string of the molecule is CCCCCCCCCc1ccc2c(N)cccc2c1N. The van der Waals surface area contributed by atoms with Crippen LogP contribution in [0.25, 0.3) is 10.8 Å². The summed E-state index contributed by atoms with van der Waals surface area (Å²) in [6, 6.07) is 10.2. The molecule has 0 saturated carbocycles. The molecule has 114 valence electrons. The number of rotatable bonds is 8. The van der Waals surface area contributed by atoms with Gasteiger partial charge in [0, 0.05) is 22.1 Å². The molecule has 0 aliphatic carbocycles. The molecular formula is C19H28N2. The maximum atomic E-state index is 6.31. The highest BCUT2D eigenvalue weighted by atomic mass is 14.6. The maximum absolute atomic E-state index is 6.31. The average molecular weight is 284 g/mol. The minimum Gasteiger partial charge on any atom is -0.398 e. The van der Waals surface area contributed by atoms with Gasteiger partial charge in [-0.2, -0.15) is 0 Å². The first-order valence-electron chi connectivity index (χ1n) is 8.29. The van der Waals surface area contributed by atoms with Crippen molar-refractivity contribution in [3.05, 3.63) is 35.9 Å². The van der Waals surface area contributed by atoms with Crippen LogP contribution >= 0.6 is 0 Å². The maximum Gasteiger partial charge on any atom is 0.0427 e. The number of hydrogen-bond acceptors (Lipinski definition) is 2. The Bertz CT molecular complexity index is 575. The first-order chi connectivity index (χ1) is 10.2. The van der Waals surface area contributed by atoms with E-state index in [1.54, 1.807) is 0 Å². The second-order valence-electron chi connectivity index (χ2n) is 5.95. The molecule has 0 aliphatic heterocycles. The number of fused-ring (bicyclic) bond motifs is 1. The molecule has 0 spiro atoms. The average Bonchev–Trinajstić information content (AvgIpc) is 2.49. The molecule has 2 heteroatoms. The topological polar surface area (TPSA) is 52.0 Å². The zero-order chi connectivity index (χ0) is 15.1. The van der Waals surface area contributed by atoms with Crippen LogP contribution < -0.4 is 11.5 Å². The minimum absolute atomic E-state index is 0.807. The highest BCUT2D eigenvalue weighted by molar-refractivity contribution is 6.01. The van der Waals surface area contributed by atoms with Crippen LogP contribution in [-0.4, -0.2) is 0 Å². The van der Waals surface area contributed by atoms with Crippen LogP contribution in [0.15, 0.2) is 30.3 Å². The van der Waals surface area contributed by atoms with Gasteiger partial charge in [0.05, 0.1) is 0 Å². The van der Waals surface area contributed by atoms with E-state index < -0.39 is 0 Å². The van der Waals surface area contributed by atoms with Crippen LogP contribution in [0.1, 0.15) is 57.4 Å². The number of nitrogen functional groups attached to an aromatic ring is 2. The van der Waals surface area contributed by atoms with Crippen molar-refractivity contribution in [3.63, 3.8) is 0 Å². The monoisotopic (exact) mass is 284 g/mol. The van der Waals surface area contributed by atoms with E-state index in [4.69, 9.17) is 11.5 Å². The lowest BCUT2D eigenvalue weighted by Gasteiger charge is -2.10. The Labute approximate surface area is 128 Å². The Kier molecular flexibility index (Phi) is 5.91. The van der Waals surface area contributed by atoms with E-state index in [1.807, 2.05) is 12.1 Å². The fraction of sp³-hybridized carbons (Fsp3) is 0.474. The number of anilines is 2. The second kappa shape index (κ2) is 7.92. The van der Waals surface area contributed by atoms with Crippen LogP contribution in [-0.2, 0) is 6.42 Å². The number of hydrogen-bond donors (Lipinski definition) is 2. The summed E-state index contributed by atoms with van der Waals surface area (Å²) in [7, 11) is 0. The van der Waals surface area contributed by atoms with Gasteiger partial charge in [0.25, 0.3) is 0 Å². The molecule has 2 nitrogen and oxygen atoms in total. The summed E-state index contributed by atoms with van der Waals surface area (Å²) in [5.41, 5.74) is 15.3. The summed E-state index contributed by atoms with van der Waals surface area (Å²) in [5, 5.41) is 2.16. The van der Waals surface area contributed by atoms with Gasteiger partial charge in [0.1, 0.15) is 0 Å². The summed E-state index contributed by atoms with van der Waals surface area (Å²) in [6.07, 6.45) is 10.4. The zero-order valence-corrected chi connectivity index (χ0v) is 13.2. The van der Waals surface area contributed by atoms with Crippen LogP contribution in [0.5, 0.6) is 0 Å². The van der Waals surface area contributed by atoms with Crippen molar-refractivity contribution < 1.29 is 0 Å². The molecule has 2 aromatic carbocycles. The minimum atomic E-state index is 0.807. The number of benzene rings is 2. The molecule has 0 aliphatic rings. The summed E-state index contributed by atoms with van der Waals surface area (Å²) >= 11 is 0. The van der Waals surface area contributed by atoms with Gasteiger partial charge in [-0.25, -0.2) is 0 Å². The lowest BCUT2D eigenvalue weighted by atomic mass is 9.98. The van der Waals surface area contributed by atoms with Crippen molar-refractivity contribution in [1.29, 1.82) is 0 Å². The summed E-state index contributed by atoms with van der Waals surface area (Å²) in [6.45, 7) is 2.26. The van der Waals surface area contributed by atoms with Gasteiger partial charge in [-0.1, -0.05) is 69.7 Å². The van der Waals surface area contributed by atoms with Gasteiger partial charge in [0.15, 0.2) is 0 Å². The van der Waals surface area contributed by atoms with Crippen LogP contribution in [0.3, 0.4) is 0 Å². The molecule has 0 bridgehead atoms. The predicted molar refractivity (Wildman–Crippen MR) is 94.5 cm³/mol. The fourth-order valence-corrected chi connectivity index (χ4v) is 2.94. The van der Waals surface area contributed by atoms with Gasteiger partial charge in [-0.15, -0.1) is 0 Å². The number of unbranched alkanes of at least 4 members (excludes halogenated alkanes) is 6. The molecule has 0 radical (unpaired) electrons. The highest BCUT2D eigenvalue weighted by Crippen LogP contribution is 2.29. The molecule has 2 rings (SSSR count). The van der Waals surface area contributed by atoms with Gasteiger partial charge in [0.2, 0.25) is 0 Å². The Morgan fingerprint density at radius 1 is 0.762 bits per heavy atom. The van der Waals surface area contributed by atoms with Crippen molar-refractivity contribution in [2.24, 2.45) is 0 Å². The zero-order valence-electron chi connectivity index (χ0n) is 13.2. The molecule has 21 heavy (non-hydrogen) atoms. The van der Waals surface area contributed by atoms with Crippen molar-refractivity contribution in [1.82, 2.24) is 0 Å². The predicted octanol–water partition coefficient (Wildman–Crippen LogP) is 5.30. The lowest BCUT2D eigenvalue weighted by Crippen LogP contribution is -1.97. The van der Waals surface area contributed by atoms with Crippen molar-refractivity contribution >= 4 is 22.1 Å². The number of nitrogens with two attached hydrogens (primary N) is 2. The largest absolute Gasteiger partial charge is 0.398 e. The van der Waals surface area contributed by atoms with E-state index in [0.717, 1.165) is 28.6 Å². The van der Waals surface area contributed by atoms with Gasteiger partial charge < -0.3 is 11.5 Å².